The van der Waals surface area contributed by atoms with Gasteiger partial charge in [-0.05, 0) is 50.9 Å². The number of likely N-dealkylation sites (N-methyl/N-ethyl adjacent to an activating group) is 1. The summed E-state index contributed by atoms with van der Waals surface area (Å²) >= 11 is 0. The van der Waals surface area contributed by atoms with E-state index in [2.05, 4.69) is 23.2 Å². The Hall–Kier alpha value is -1.79. The van der Waals surface area contributed by atoms with Crippen LogP contribution in [0.15, 0.2) is 17.3 Å². The molecule has 1 saturated heterocycles. The fourth-order valence-corrected chi connectivity index (χ4v) is 5.80. The minimum absolute atomic E-state index is 0.0597. The molecular formula is C18H22N2O4. The van der Waals surface area contributed by atoms with E-state index in [4.69, 9.17) is 9.47 Å². The lowest BCUT2D eigenvalue weighted by Gasteiger charge is -2.62. The monoisotopic (exact) mass is 330 g/mol. The van der Waals surface area contributed by atoms with Gasteiger partial charge in [-0.3, -0.25) is 0 Å². The molecule has 6 nitrogen and oxygen atoms in total. The molecule has 1 saturated carbocycles. The first-order chi connectivity index (χ1) is 11.6. The molecule has 5 rings (SSSR count). The number of methoxy groups -OCH3 is 1. The molecule has 2 aliphatic carbocycles. The van der Waals surface area contributed by atoms with Crippen molar-refractivity contribution in [2.45, 2.75) is 48.8 Å². The van der Waals surface area contributed by atoms with Crippen molar-refractivity contribution in [1.29, 1.82) is 0 Å². The van der Waals surface area contributed by atoms with E-state index in [1.165, 1.54) is 5.56 Å². The quantitative estimate of drug-likeness (QED) is 0.600. The predicted octanol–water partition coefficient (Wildman–Crippen LogP) is 1.31. The second-order valence-electron chi connectivity index (χ2n) is 7.57. The summed E-state index contributed by atoms with van der Waals surface area (Å²) in [6, 6.07) is 4.10. The number of likely N-dealkylation sites (tertiary alicyclic amines) is 1. The van der Waals surface area contributed by atoms with Crippen molar-refractivity contribution in [3.63, 3.8) is 0 Å². The van der Waals surface area contributed by atoms with Crippen LogP contribution in [0.1, 0.15) is 30.4 Å². The van der Waals surface area contributed by atoms with Crippen LogP contribution >= 0.6 is 0 Å². The third-order valence-corrected chi connectivity index (χ3v) is 6.88. The van der Waals surface area contributed by atoms with Gasteiger partial charge in [0.2, 0.25) is 0 Å². The molecule has 2 N–H and O–H groups in total. The Labute approximate surface area is 140 Å². The van der Waals surface area contributed by atoms with Crippen LogP contribution in [0.25, 0.3) is 0 Å². The summed E-state index contributed by atoms with van der Waals surface area (Å²) in [5.41, 5.74) is 1.52. The molecule has 2 heterocycles. The second kappa shape index (κ2) is 4.43. The molecule has 2 bridgehead atoms. The highest BCUT2D eigenvalue weighted by Gasteiger charge is 2.72. The van der Waals surface area contributed by atoms with Crippen molar-refractivity contribution in [2.75, 3.05) is 20.7 Å². The fourth-order valence-electron chi connectivity index (χ4n) is 5.80. The van der Waals surface area contributed by atoms with E-state index in [1.54, 1.807) is 7.11 Å². The summed E-state index contributed by atoms with van der Waals surface area (Å²) in [7, 11) is 3.72. The van der Waals surface area contributed by atoms with Gasteiger partial charge in [0, 0.05) is 11.6 Å². The maximum absolute atomic E-state index is 11.9. The Balaban J connectivity index is 1.85. The van der Waals surface area contributed by atoms with Crippen molar-refractivity contribution < 1.29 is 19.8 Å². The number of hydrogen-bond donors (Lipinski definition) is 2. The zero-order valence-corrected chi connectivity index (χ0v) is 14.0. The molecule has 0 aromatic heterocycles. The molecule has 0 amide bonds. The lowest BCUT2D eigenvalue weighted by atomic mass is 9.49. The molecule has 2 fully saturated rings. The van der Waals surface area contributed by atoms with Gasteiger partial charge in [0.15, 0.2) is 17.6 Å². The molecule has 1 aromatic rings. The van der Waals surface area contributed by atoms with Gasteiger partial charge >= 0.3 is 0 Å². The minimum atomic E-state index is -0.872. The summed E-state index contributed by atoms with van der Waals surface area (Å²) in [4.78, 5) is 2.27. The molecule has 4 aliphatic rings. The summed E-state index contributed by atoms with van der Waals surface area (Å²) in [5.74, 6) is 1.42. The lowest BCUT2D eigenvalue weighted by molar-refractivity contribution is -0.161. The number of ether oxygens (including phenoxy) is 2. The van der Waals surface area contributed by atoms with Gasteiger partial charge in [-0.15, -0.1) is 0 Å². The van der Waals surface area contributed by atoms with E-state index >= 15 is 0 Å². The summed E-state index contributed by atoms with van der Waals surface area (Å²) in [6.07, 6.45) is 2.32. The average Bonchev–Trinajstić information content (AvgIpc) is 2.93. The number of aliphatic hydroxyl groups is 1. The van der Waals surface area contributed by atoms with Gasteiger partial charge in [-0.25, -0.2) is 0 Å². The van der Waals surface area contributed by atoms with Crippen LogP contribution in [-0.2, 0) is 11.8 Å². The van der Waals surface area contributed by atoms with E-state index in [0.29, 0.717) is 24.3 Å². The molecule has 4 atom stereocenters. The Bertz CT molecular complexity index is 764. The van der Waals surface area contributed by atoms with Gasteiger partial charge in [0.05, 0.1) is 23.8 Å². The Morgan fingerprint density at radius 2 is 2.21 bits per heavy atom. The number of hydrogen-bond acceptors (Lipinski definition) is 6. The Morgan fingerprint density at radius 3 is 2.96 bits per heavy atom. The maximum atomic E-state index is 11.9. The normalized spacial score (nSPS) is 41.0. The highest BCUT2D eigenvalue weighted by Crippen LogP contribution is 2.64. The second-order valence-corrected chi connectivity index (χ2v) is 7.57. The summed E-state index contributed by atoms with van der Waals surface area (Å²) in [5, 5.41) is 24.9. The van der Waals surface area contributed by atoms with Crippen LogP contribution in [0.2, 0.25) is 0 Å². The first-order valence-electron chi connectivity index (χ1n) is 8.57. The van der Waals surface area contributed by atoms with E-state index in [0.717, 1.165) is 30.7 Å². The number of oxime groups is 1. The van der Waals surface area contributed by atoms with E-state index in [1.807, 2.05) is 6.07 Å². The molecular weight excluding hydrogens is 308 g/mol. The number of piperidine rings is 1. The zero-order chi connectivity index (χ0) is 16.7. The van der Waals surface area contributed by atoms with Crippen LogP contribution in [0.5, 0.6) is 11.5 Å². The van der Waals surface area contributed by atoms with Gasteiger partial charge in [-0.1, -0.05) is 11.2 Å². The van der Waals surface area contributed by atoms with Crippen molar-refractivity contribution in [3.05, 3.63) is 23.3 Å². The van der Waals surface area contributed by atoms with E-state index in [9.17, 15) is 10.3 Å². The SMILES string of the molecule is COc1ccc2c3c1O[C@H]1/C(=N/O)CC[C@@]4(O)[C@@H](C2)N(C)CC[C@]314. The first kappa shape index (κ1) is 14.5. The lowest BCUT2D eigenvalue weighted by Crippen LogP contribution is -2.76. The smallest absolute Gasteiger partial charge is 0.166 e. The van der Waals surface area contributed by atoms with E-state index in [-0.39, 0.29) is 6.04 Å². The van der Waals surface area contributed by atoms with Gasteiger partial charge in [-0.2, -0.15) is 0 Å². The Morgan fingerprint density at radius 1 is 1.38 bits per heavy atom. The van der Waals surface area contributed by atoms with Crippen molar-refractivity contribution >= 4 is 5.71 Å². The molecule has 1 spiro atoms. The molecule has 24 heavy (non-hydrogen) atoms. The maximum Gasteiger partial charge on any atom is 0.166 e. The van der Waals surface area contributed by atoms with Crippen LogP contribution in [0.3, 0.4) is 0 Å². The molecule has 2 aliphatic heterocycles. The van der Waals surface area contributed by atoms with E-state index < -0.39 is 17.1 Å². The average molecular weight is 330 g/mol. The standard InChI is InChI=1S/C18H22N2O4/c1-20-8-7-17-14-10-3-4-12(23-2)15(14)24-16(17)11(19-22)5-6-18(17,21)13(20)9-10/h3-4,13,16,21-22H,5-9H2,1-2H3/b19-11+/t13-,16+,17+,18-/m1/s1. The first-order valence-corrected chi connectivity index (χ1v) is 8.57. The number of benzene rings is 1. The summed E-state index contributed by atoms with van der Waals surface area (Å²) < 4.78 is 11.8. The molecule has 1 aromatic carbocycles. The molecule has 0 unspecified atom stereocenters. The predicted molar refractivity (Wildman–Crippen MR) is 87.2 cm³/mol. The zero-order valence-electron chi connectivity index (χ0n) is 14.0. The highest BCUT2D eigenvalue weighted by molar-refractivity contribution is 5.94. The molecule has 0 radical (unpaired) electrons. The third kappa shape index (κ3) is 1.35. The largest absolute Gasteiger partial charge is 0.493 e. The van der Waals surface area contributed by atoms with Crippen molar-refractivity contribution in [3.8, 4) is 11.5 Å². The third-order valence-electron chi connectivity index (χ3n) is 6.88. The van der Waals surface area contributed by atoms with Crippen LogP contribution < -0.4 is 9.47 Å². The van der Waals surface area contributed by atoms with Gasteiger partial charge < -0.3 is 24.7 Å². The van der Waals surface area contributed by atoms with Crippen LogP contribution in [0.4, 0.5) is 0 Å². The fraction of sp³-hybridized carbons (Fsp3) is 0.611. The molecule has 6 heteroatoms. The molecule has 128 valence electrons. The van der Waals surface area contributed by atoms with Crippen LogP contribution in [0, 0.1) is 0 Å². The topological polar surface area (TPSA) is 74.5 Å². The number of rotatable bonds is 1. The van der Waals surface area contributed by atoms with Crippen LogP contribution in [-0.4, -0.2) is 59.4 Å². The minimum Gasteiger partial charge on any atom is -0.493 e. The van der Waals surface area contributed by atoms with Gasteiger partial charge in [0.1, 0.15) is 0 Å². The van der Waals surface area contributed by atoms with Gasteiger partial charge in [0.25, 0.3) is 0 Å². The number of nitrogens with zero attached hydrogens (tertiary/aromatic N) is 2. The highest BCUT2D eigenvalue weighted by atomic mass is 16.5. The van der Waals surface area contributed by atoms with Crippen molar-refractivity contribution in [2.24, 2.45) is 5.16 Å². The summed E-state index contributed by atoms with van der Waals surface area (Å²) in [6.45, 7) is 0.891. The van der Waals surface area contributed by atoms with Crippen molar-refractivity contribution in [1.82, 2.24) is 4.90 Å². The Kier molecular flexibility index (Phi) is 2.69.